The number of methoxy groups -OCH3 is 1. The third kappa shape index (κ3) is 7.66. The number of aromatic nitrogens is 1. The molecule has 0 radical (unpaired) electrons. The van der Waals surface area contributed by atoms with Crippen LogP contribution in [0, 0.1) is 23.2 Å². The number of carbonyl (C=O) groups is 5. The predicted molar refractivity (Wildman–Crippen MR) is 177 cm³/mol. The average Bonchev–Trinajstić information content (AvgIpc) is 3.50. The van der Waals surface area contributed by atoms with Gasteiger partial charge >= 0.3 is 11.9 Å². The Morgan fingerprint density at radius 3 is 2.36 bits per heavy atom. The summed E-state index contributed by atoms with van der Waals surface area (Å²) in [5.74, 6) is -1.38. The molecule has 5 rings (SSSR count). The number of piperidine rings is 1. The van der Waals surface area contributed by atoms with E-state index in [4.69, 9.17) is 9.47 Å². The Bertz CT molecular complexity index is 1340. The molecule has 13 heteroatoms. The number of esters is 2. The number of amides is 3. The third-order valence-corrected chi connectivity index (χ3v) is 11.8. The van der Waals surface area contributed by atoms with E-state index in [1.54, 1.807) is 17.3 Å². The van der Waals surface area contributed by atoms with Crippen LogP contribution in [-0.4, -0.2) is 95.9 Å². The SMILES string of the molecule is COC(=O)CC12CC(NC(=O)c3csc([C@@H](C[C@H](C(C)C)N(C)C(=O)[C@@H](NC(=O)C4CCCCN4C)C(C)C)OC(C)=O)n3)(C1)[C@H]2C. The Balaban J connectivity index is 1.44. The summed E-state index contributed by atoms with van der Waals surface area (Å²) < 4.78 is 10.6. The molecule has 2 heterocycles. The van der Waals surface area contributed by atoms with Crippen molar-refractivity contribution in [3.63, 3.8) is 0 Å². The summed E-state index contributed by atoms with van der Waals surface area (Å²) in [7, 11) is 5.06. The van der Waals surface area contributed by atoms with Crippen LogP contribution in [0.25, 0.3) is 0 Å². The van der Waals surface area contributed by atoms with E-state index in [1.807, 2.05) is 46.6 Å². The molecule has 12 nitrogen and oxygen atoms in total. The lowest BCUT2D eigenvalue weighted by Crippen LogP contribution is -2.81. The minimum absolute atomic E-state index is 0.0131. The second-order valence-electron chi connectivity index (χ2n) is 14.7. The highest BCUT2D eigenvalue weighted by Gasteiger charge is 2.74. The molecule has 0 aromatic carbocycles. The Morgan fingerprint density at radius 1 is 1.13 bits per heavy atom. The second kappa shape index (κ2) is 14.6. The van der Waals surface area contributed by atoms with Gasteiger partial charge in [-0.2, -0.15) is 0 Å². The van der Waals surface area contributed by atoms with Crippen LogP contribution in [0.4, 0.5) is 0 Å². The summed E-state index contributed by atoms with van der Waals surface area (Å²) in [5, 5.41) is 8.32. The highest BCUT2D eigenvalue weighted by atomic mass is 32.1. The maximum absolute atomic E-state index is 14.0. The van der Waals surface area contributed by atoms with Crippen molar-refractivity contribution in [1.29, 1.82) is 0 Å². The van der Waals surface area contributed by atoms with Gasteiger partial charge in [0, 0.05) is 37.4 Å². The molecule has 4 fully saturated rings. The van der Waals surface area contributed by atoms with Crippen LogP contribution in [-0.2, 0) is 28.7 Å². The number of likely N-dealkylation sites (N-methyl/N-ethyl adjacent to an activating group) is 2. The van der Waals surface area contributed by atoms with E-state index < -0.39 is 18.1 Å². The molecule has 4 aliphatic rings. The Hall–Kier alpha value is -3.06. The van der Waals surface area contributed by atoms with Crippen molar-refractivity contribution in [2.45, 2.75) is 116 Å². The smallest absolute Gasteiger partial charge is 0.306 e. The van der Waals surface area contributed by atoms with Crippen molar-refractivity contribution in [1.82, 2.24) is 25.4 Å². The number of hydrogen-bond acceptors (Lipinski definition) is 10. The van der Waals surface area contributed by atoms with Gasteiger partial charge in [-0.15, -0.1) is 11.3 Å². The fourth-order valence-corrected chi connectivity index (χ4v) is 8.69. The fraction of sp³-hybridized carbons (Fsp3) is 0.765. The summed E-state index contributed by atoms with van der Waals surface area (Å²) in [6.45, 7) is 12.1. The van der Waals surface area contributed by atoms with Gasteiger partial charge in [0.2, 0.25) is 11.8 Å². The zero-order chi connectivity index (χ0) is 34.8. The molecule has 262 valence electrons. The van der Waals surface area contributed by atoms with E-state index in [2.05, 4.69) is 15.6 Å². The lowest BCUT2D eigenvalue weighted by atomic mass is 9.32. The van der Waals surface area contributed by atoms with Crippen molar-refractivity contribution >= 4 is 41.0 Å². The van der Waals surface area contributed by atoms with Crippen LogP contribution >= 0.6 is 11.3 Å². The van der Waals surface area contributed by atoms with Crippen LogP contribution in [0.1, 0.15) is 108 Å². The largest absolute Gasteiger partial charge is 0.469 e. The van der Waals surface area contributed by atoms with Gasteiger partial charge in [0.25, 0.3) is 5.91 Å². The normalized spacial score (nSPS) is 27.1. The molecule has 1 unspecified atom stereocenters. The average molecular weight is 676 g/mol. The zero-order valence-corrected chi connectivity index (χ0v) is 30.2. The molecule has 2 N–H and O–H groups in total. The standard InChI is InChI=1S/C34H53N5O7S/c1-19(2)25(39(8)32(44)28(20(3)4)36-30(43)24-12-10-11-13-38(24)7)14-26(46-22(6)40)31-35-23(16-47-31)29(42)37-34-17-33(18-34,21(34)5)15-27(41)45-9/h16,19-21,24-26,28H,10-15,17-18H2,1-9H3,(H,36,43)(H,37,42)/t21-,24?,25+,26+,28-,33?,34?/m0/s1. The lowest BCUT2D eigenvalue weighted by molar-refractivity contribution is -0.223. The molecule has 1 saturated heterocycles. The van der Waals surface area contributed by atoms with E-state index in [1.165, 1.54) is 25.4 Å². The highest BCUT2D eigenvalue weighted by Crippen LogP contribution is 2.72. The number of nitrogens with one attached hydrogen (secondary N) is 2. The number of likely N-dealkylation sites (tertiary alicyclic amines) is 1. The number of rotatable bonds is 14. The Labute approximate surface area is 282 Å². The van der Waals surface area contributed by atoms with Crippen molar-refractivity contribution in [3.8, 4) is 0 Å². The number of nitrogens with zero attached hydrogens (tertiary/aromatic N) is 3. The quantitative estimate of drug-likeness (QED) is 0.282. The number of ether oxygens (including phenoxy) is 2. The van der Waals surface area contributed by atoms with E-state index in [0.717, 1.165) is 38.6 Å². The molecular weight excluding hydrogens is 622 g/mol. The van der Waals surface area contributed by atoms with Crippen LogP contribution in [0.2, 0.25) is 0 Å². The monoisotopic (exact) mass is 675 g/mol. The maximum atomic E-state index is 14.0. The van der Waals surface area contributed by atoms with E-state index >= 15 is 0 Å². The first kappa shape index (κ1) is 36.8. The summed E-state index contributed by atoms with van der Waals surface area (Å²) in [4.78, 5) is 72.9. The van der Waals surface area contributed by atoms with Gasteiger partial charge in [-0.3, -0.25) is 28.9 Å². The third-order valence-electron chi connectivity index (χ3n) is 10.9. The topological polar surface area (TPSA) is 147 Å². The molecule has 0 spiro atoms. The van der Waals surface area contributed by atoms with Crippen molar-refractivity contribution in [2.75, 3.05) is 27.7 Å². The van der Waals surface area contributed by atoms with E-state index in [0.29, 0.717) is 11.4 Å². The molecular formula is C34H53N5O7S. The van der Waals surface area contributed by atoms with Crippen molar-refractivity contribution in [3.05, 3.63) is 16.1 Å². The maximum Gasteiger partial charge on any atom is 0.306 e. The van der Waals surface area contributed by atoms with Gasteiger partial charge in [-0.1, -0.05) is 41.0 Å². The lowest BCUT2D eigenvalue weighted by Gasteiger charge is -2.75. The number of carbonyl (C=O) groups excluding carboxylic acids is 5. The van der Waals surface area contributed by atoms with Gasteiger partial charge < -0.3 is 25.0 Å². The second-order valence-corrected chi connectivity index (χ2v) is 15.6. The Morgan fingerprint density at radius 2 is 1.81 bits per heavy atom. The molecule has 1 aromatic rings. The summed E-state index contributed by atoms with van der Waals surface area (Å²) in [6.07, 6.45) is 4.09. The van der Waals surface area contributed by atoms with Crippen LogP contribution in [0.5, 0.6) is 0 Å². The minimum Gasteiger partial charge on any atom is -0.469 e. The first-order chi connectivity index (χ1) is 22.0. The predicted octanol–water partition coefficient (Wildman–Crippen LogP) is 3.71. The van der Waals surface area contributed by atoms with Crippen molar-refractivity contribution in [2.24, 2.45) is 23.2 Å². The van der Waals surface area contributed by atoms with Gasteiger partial charge in [0.05, 0.1) is 19.6 Å². The number of hydrogen-bond donors (Lipinski definition) is 2. The summed E-state index contributed by atoms with van der Waals surface area (Å²) in [6, 6.07) is -1.32. The molecule has 2 bridgehead atoms. The molecule has 3 aliphatic carbocycles. The minimum atomic E-state index is -0.776. The molecule has 1 aromatic heterocycles. The fourth-order valence-electron chi connectivity index (χ4n) is 7.85. The van der Waals surface area contributed by atoms with Crippen LogP contribution in [0.3, 0.4) is 0 Å². The molecule has 1 aliphatic heterocycles. The van der Waals surface area contributed by atoms with E-state index in [-0.39, 0.29) is 76.6 Å². The van der Waals surface area contributed by atoms with Crippen molar-refractivity contribution < 1.29 is 33.4 Å². The van der Waals surface area contributed by atoms with Crippen LogP contribution < -0.4 is 10.6 Å². The summed E-state index contributed by atoms with van der Waals surface area (Å²) in [5.41, 5.74) is -0.237. The first-order valence-electron chi connectivity index (χ1n) is 16.8. The molecule has 3 amide bonds. The van der Waals surface area contributed by atoms with Crippen LogP contribution in [0.15, 0.2) is 5.38 Å². The van der Waals surface area contributed by atoms with E-state index in [9.17, 15) is 24.0 Å². The zero-order valence-electron chi connectivity index (χ0n) is 29.4. The highest BCUT2D eigenvalue weighted by molar-refractivity contribution is 7.09. The van der Waals surface area contributed by atoms with Gasteiger partial charge in [-0.25, -0.2) is 4.98 Å². The Kier molecular flexibility index (Phi) is 11.4. The number of thiazole rings is 1. The molecule has 3 saturated carbocycles. The first-order valence-corrected chi connectivity index (χ1v) is 17.7. The summed E-state index contributed by atoms with van der Waals surface area (Å²) >= 11 is 1.24. The van der Waals surface area contributed by atoms with Gasteiger partial charge in [-0.05, 0) is 62.4 Å². The molecule has 47 heavy (non-hydrogen) atoms. The van der Waals surface area contributed by atoms with Gasteiger partial charge in [0.1, 0.15) is 16.7 Å². The van der Waals surface area contributed by atoms with Gasteiger partial charge in [0.15, 0.2) is 6.10 Å². The molecule has 5 atom stereocenters.